The van der Waals surface area contributed by atoms with E-state index in [0.29, 0.717) is 6.54 Å². The highest BCUT2D eigenvalue weighted by Gasteiger charge is 2.06. The van der Waals surface area contributed by atoms with Gasteiger partial charge in [0.1, 0.15) is 0 Å². The SMILES string of the molecule is OCC(O)CNc1ccccc1-c1ccsc1. The van der Waals surface area contributed by atoms with E-state index in [1.807, 2.05) is 29.6 Å². The van der Waals surface area contributed by atoms with Crippen molar-refractivity contribution in [3.05, 3.63) is 41.1 Å². The van der Waals surface area contributed by atoms with Crippen LogP contribution in [0.5, 0.6) is 0 Å². The van der Waals surface area contributed by atoms with Gasteiger partial charge in [-0.15, -0.1) is 0 Å². The van der Waals surface area contributed by atoms with Crippen molar-refractivity contribution in [3.63, 3.8) is 0 Å². The molecule has 0 saturated carbocycles. The van der Waals surface area contributed by atoms with Crippen molar-refractivity contribution in [2.75, 3.05) is 18.5 Å². The van der Waals surface area contributed by atoms with E-state index in [1.165, 1.54) is 0 Å². The van der Waals surface area contributed by atoms with Crippen molar-refractivity contribution in [2.45, 2.75) is 6.10 Å². The number of para-hydroxylation sites is 1. The number of hydrogen-bond acceptors (Lipinski definition) is 4. The summed E-state index contributed by atoms with van der Waals surface area (Å²) in [6.45, 7) is 0.116. The van der Waals surface area contributed by atoms with Crippen LogP contribution in [0.15, 0.2) is 41.1 Å². The highest BCUT2D eigenvalue weighted by Crippen LogP contribution is 2.29. The first-order valence-corrected chi connectivity index (χ1v) is 6.40. The van der Waals surface area contributed by atoms with Gasteiger partial charge in [-0.2, -0.15) is 11.3 Å². The molecule has 0 aliphatic heterocycles. The van der Waals surface area contributed by atoms with Gasteiger partial charge in [-0.1, -0.05) is 18.2 Å². The molecule has 0 fully saturated rings. The molecule has 1 aromatic carbocycles. The maximum Gasteiger partial charge on any atom is 0.0942 e. The maximum absolute atomic E-state index is 9.33. The molecule has 1 aromatic heterocycles. The number of rotatable bonds is 5. The minimum absolute atomic E-state index is 0.229. The molecule has 2 rings (SSSR count). The van der Waals surface area contributed by atoms with Crippen LogP contribution in [-0.4, -0.2) is 29.5 Å². The highest BCUT2D eigenvalue weighted by molar-refractivity contribution is 7.08. The average molecular weight is 249 g/mol. The highest BCUT2D eigenvalue weighted by atomic mass is 32.1. The van der Waals surface area contributed by atoms with Gasteiger partial charge in [0.15, 0.2) is 0 Å². The van der Waals surface area contributed by atoms with Crippen LogP contribution in [0.2, 0.25) is 0 Å². The number of benzene rings is 1. The third-order valence-electron chi connectivity index (χ3n) is 2.50. The molecule has 17 heavy (non-hydrogen) atoms. The van der Waals surface area contributed by atoms with Crippen molar-refractivity contribution in [3.8, 4) is 11.1 Å². The number of hydrogen-bond donors (Lipinski definition) is 3. The van der Waals surface area contributed by atoms with Crippen molar-refractivity contribution >= 4 is 17.0 Å². The first kappa shape index (κ1) is 12.1. The lowest BCUT2D eigenvalue weighted by Crippen LogP contribution is -2.23. The molecule has 0 spiro atoms. The van der Waals surface area contributed by atoms with Crippen molar-refractivity contribution < 1.29 is 10.2 Å². The summed E-state index contributed by atoms with van der Waals surface area (Å²) in [7, 11) is 0. The van der Waals surface area contributed by atoms with Crippen LogP contribution in [0, 0.1) is 0 Å². The van der Waals surface area contributed by atoms with Gasteiger partial charge >= 0.3 is 0 Å². The number of aliphatic hydroxyl groups excluding tert-OH is 2. The van der Waals surface area contributed by atoms with E-state index < -0.39 is 6.10 Å². The molecule has 2 aromatic rings. The molecule has 1 unspecified atom stereocenters. The Morgan fingerprint density at radius 2 is 2.06 bits per heavy atom. The predicted octanol–water partition coefficient (Wildman–Crippen LogP) is 2.18. The monoisotopic (exact) mass is 249 g/mol. The molecule has 0 aliphatic carbocycles. The molecule has 3 N–H and O–H groups in total. The molecule has 0 saturated heterocycles. The van der Waals surface area contributed by atoms with Crippen LogP contribution in [0.1, 0.15) is 0 Å². The summed E-state index contributed by atoms with van der Waals surface area (Å²) >= 11 is 1.65. The van der Waals surface area contributed by atoms with Crippen molar-refractivity contribution in [1.82, 2.24) is 0 Å². The Labute approximate surface area is 104 Å². The van der Waals surface area contributed by atoms with Crippen LogP contribution in [0.25, 0.3) is 11.1 Å². The van der Waals surface area contributed by atoms with Gasteiger partial charge in [-0.3, -0.25) is 0 Å². The van der Waals surface area contributed by atoms with Gasteiger partial charge in [0.25, 0.3) is 0 Å². The van der Waals surface area contributed by atoms with Crippen LogP contribution < -0.4 is 5.32 Å². The Balaban J connectivity index is 2.17. The standard InChI is InChI=1S/C13H15NO2S/c15-8-11(16)7-14-13-4-2-1-3-12(13)10-5-6-17-9-10/h1-6,9,11,14-16H,7-8H2. The van der Waals surface area contributed by atoms with E-state index >= 15 is 0 Å². The van der Waals surface area contributed by atoms with Gasteiger partial charge < -0.3 is 15.5 Å². The second-order valence-corrected chi connectivity index (χ2v) is 4.55. The van der Waals surface area contributed by atoms with E-state index in [9.17, 15) is 5.11 Å². The molecule has 4 heteroatoms. The Hall–Kier alpha value is -1.36. The summed E-state index contributed by atoms with van der Waals surface area (Å²) in [6.07, 6.45) is -0.731. The average Bonchev–Trinajstić information content (AvgIpc) is 2.90. The molecule has 1 atom stereocenters. The Morgan fingerprint density at radius 1 is 1.24 bits per heavy atom. The molecule has 0 radical (unpaired) electrons. The second-order valence-electron chi connectivity index (χ2n) is 3.77. The number of thiophene rings is 1. The van der Waals surface area contributed by atoms with E-state index in [-0.39, 0.29) is 6.61 Å². The Kier molecular flexibility index (Phi) is 4.14. The minimum atomic E-state index is -0.731. The fraction of sp³-hybridized carbons (Fsp3) is 0.231. The minimum Gasteiger partial charge on any atom is -0.394 e. The van der Waals surface area contributed by atoms with Crippen LogP contribution >= 0.6 is 11.3 Å². The zero-order chi connectivity index (χ0) is 12.1. The first-order chi connectivity index (χ1) is 8.31. The zero-order valence-electron chi connectivity index (χ0n) is 9.34. The molecule has 0 amide bonds. The van der Waals surface area contributed by atoms with Gasteiger partial charge in [0.2, 0.25) is 0 Å². The molecule has 0 aliphatic rings. The lowest BCUT2D eigenvalue weighted by molar-refractivity contribution is 0.105. The Bertz CT molecular complexity index is 456. The van der Waals surface area contributed by atoms with Crippen LogP contribution in [0.3, 0.4) is 0 Å². The lowest BCUT2D eigenvalue weighted by atomic mass is 10.1. The quantitative estimate of drug-likeness (QED) is 0.761. The lowest BCUT2D eigenvalue weighted by Gasteiger charge is -2.13. The van der Waals surface area contributed by atoms with Crippen molar-refractivity contribution in [1.29, 1.82) is 0 Å². The third kappa shape index (κ3) is 3.06. The maximum atomic E-state index is 9.33. The van der Waals surface area contributed by atoms with E-state index in [2.05, 4.69) is 16.8 Å². The third-order valence-corrected chi connectivity index (χ3v) is 3.18. The number of anilines is 1. The van der Waals surface area contributed by atoms with Gasteiger partial charge in [0, 0.05) is 17.8 Å². The summed E-state index contributed by atoms with van der Waals surface area (Å²) < 4.78 is 0. The summed E-state index contributed by atoms with van der Waals surface area (Å²) in [5.74, 6) is 0. The van der Waals surface area contributed by atoms with Crippen LogP contribution in [0.4, 0.5) is 5.69 Å². The molecular weight excluding hydrogens is 234 g/mol. The fourth-order valence-corrected chi connectivity index (χ4v) is 2.25. The summed E-state index contributed by atoms with van der Waals surface area (Å²) in [5.41, 5.74) is 3.24. The summed E-state index contributed by atoms with van der Waals surface area (Å²) in [5, 5.41) is 25.4. The Morgan fingerprint density at radius 3 is 2.76 bits per heavy atom. The number of nitrogens with one attached hydrogen (secondary N) is 1. The van der Waals surface area contributed by atoms with Gasteiger partial charge in [-0.25, -0.2) is 0 Å². The van der Waals surface area contributed by atoms with E-state index in [0.717, 1.165) is 16.8 Å². The van der Waals surface area contributed by atoms with E-state index in [4.69, 9.17) is 5.11 Å². The zero-order valence-corrected chi connectivity index (χ0v) is 10.2. The molecule has 1 heterocycles. The summed E-state index contributed by atoms with van der Waals surface area (Å²) in [6, 6.07) is 10.0. The van der Waals surface area contributed by atoms with Gasteiger partial charge in [0.05, 0.1) is 12.7 Å². The second kappa shape index (κ2) is 5.82. The van der Waals surface area contributed by atoms with Crippen LogP contribution in [-0.2, 0) is 0 Å². The molecule has 3 nitrogen and oxygen atoms in total. The molecular formula is C13H15NO2S. The molecule has 90 valence electrons. The fourth-order valence-electron chi connectivity index (χ4n) is 1.60. The predicted molar refractivity (Wildman–Crippen MR) is 71.3 cm³/mol. The normalized spacial score (nSPS) is 12.4. The smallest absolute Gasteiger partial charge is 0.0942 e. The largest absolute Gasteiger partial charge is 0.394 e. The number of aliphatic hydroxyl groups is 2. The topological polar surface area (TPSA) is 52.5 Å². The first-order valence-electron chi connectivity index (χ1n) is 5.45. The molecule has 0 bridgehead atoms. The summed E-state index contributed by atoms with van der Waals surface area (Å²) in [4.78, 5) is 0. The van der Waals surface area contributed by atoms with Gasteiger partial charge in [-0.05, 0) is 28.5 Å². The van der Waals surface area contributed by atoms with Crippen molar-refractivity contribution in [2.24, 2.45) is 0 Å². The van der Waals surface area contributed by atoms with E-state index in [1.54, 1.807) is 11.3 Å².